The lowest BCUT2D eigenvalue weighted by Gasteiger charge is -2.44. The van der Waals surface area contributed by atoms with E-state index in [2.05, 4.69) is 107 Å². The van der Waals surface area contributed by atoms with Crippen LogP contribution in [0.2, 0.25) is 36.3 Å². The zero-order chi connectivity index (χ0) is 21.3. The highest BCUT2D eigenvalue weighted by atomic mass is 28.3. The molecule has 28 heavy (non-hydrogen) atoms. The number of nitriles is 1. The Morgan fingerprint density at radius 3 is 2.00 bits per heavy atom. The lowest BCUT2D eigenvalue weighted by Crippen LogP contribution is -2.51. The van der Waals surface area contributed by atoms with Crippen LogP contribution in [-0.2, 0) is 6.42 Å². The molecule has 150 valence electrons. The quantitative estimate of drug-likeness (QED) is 0.388. The predicted molar refractivity (Wildman–Crippen MR) is 128 cm³/mol. The second kappa shape index (κ2) is 8.31. The van der Waals surface area contributed by atoms with Crippen LogP contribution in [0, 0.1) is 22.8 Å². The average Bonchev–Trinajstić information content (AvgIpc) is 2.92. The van der Waals surface area contributed by atoms with Crippen LogP contribution in [0.25, 0.3) is 10.9 Å². The van der Waals surface area contributed by atoms with Crippen LogP contribution in [-0.4, -0.2) is 20.5 Å². The van der Waals surface area contributed by atoms with Crippen molar-refractivity contribution in [3.05, 3.63) is 35.5 Å². The van der Waals surface area contributed by atoms with E-state index in [0.717, 1.165) is 11.1 Å². The van der Waals surface area contributed by atoms with Crippen molar-refractivity contribution in [2.24, 2.45) is 0 Å². The molecule has 0 aliphatic carbocycles. The predicted octanol–water partition coefficient (Wildman–Crippen LogP) is 6.96. The van der Waals surface area contributed by atoms with E-state index in [-0.39, 0.29) is 0 Å². The van der Waals surface area contributed by atoms with Crippen molar-refractivity contribution in [1.29, 1.82) is 5.26 Å². The summed E-state index contributed by atoms with van der Waals surface area (Å²) in [6.07, 6.45) is 2.74. The molecule has 0 unspecified atom stereocenters. The molecule has 0 saturated carbocycles. The lowest BCUT2D eigenvalue weighted by atomic mass is 10.1. The monoisotopic (exact) mass is 408 g/mol. The molecule has 0 fully saturated rings. The summed E-state index contributed by atoms with van der Waals surface area (Å²) in [6, 6.07) is 8.90. The maximum atomic E-state index is 9.49. The van der Waals surface area contributed by atoms with Gasteiger partial charge in [0.05, 0.1) is 12.5 Å². The molecule has 0 N–H and O–H groups in total. The van der Waals surface area contributed by atoms with E-state index in [1.807, 2.05) is 0 Å². The van der Waals surface area contributed by atoms with Gasteiger partial charge in [-0.15, -0.1) is 5.54 Å². The van der Waals surface area contributed by atoms with Crippen molar-refractivity contribution in [3.63, 3.8) is 0 Å². The Hall–Kier alpha value is -1.76. The van der Waals surface area contributed by atoms with Crippen molar-refractivity contribution in [3.8, 4) is 17.5 Å². The minimum atomic E-state index is -1.89. The lowest BCUT2D eigenvalue weighted by molar-refractivity contribution is 0.772. The van der Waals surface area contributed by atoms with Crippen LogP contribution in [0.1, 0.15) is 52.7 Å². The number of fused-ring (bicyclic) bond motifs is 1. The maximum Gasteiger partial charge on any atom is 0.169 e. The number of hydrogen-bond acceptors (Lipinski definition) is 1. The van der Waals surface area contributed by atoms with Gasteiger partial charge in [0.2, 0.25) is 0 Å². The molecule has 1 heterocycles. The van der Waals surface area contributed by atoms with E-state index in [1.54, 1.807) is 0 Å². The molecular formula is C24H36N2Si2. The average molecular weight is 409 g/mol. The van der Waals surface area contributed by atoms with Crippen molar-refractivity contribution >= 4 is 27.2 Å². The summed E-state index contributed by atoms with van der Waals surface area (Å²) in [5, 5.41) is 10.7. The van der Waals surface area contributed by atoms with Crippen LogP contribution in [0.3, 0.4) is 0 Å². The molecule has 4 heteroatoms. The number of rotatable bonds is 5. The van der Waals surface area contributed by atoms with E-state index < -0.39 is 16.3 Å². The summed E-state index contributed by atoms with van der Waals surface area (Å²) in [6.45, 7) is 21.1. The third-order valence-corrected chi connectivity index (χ3v) is 13.6. The Morgan fingerprint density at radius 2 is 1.54 bits per heavy atom. The zero-order valence-electron chi connectivity index (χ0n) is 19.1. The molecule has 1 aromatic carbocycles. The fourth-order valence-electron chi connectivity index (χ4n) is 5.10. The number of benzene rings is 1. The van der Waals surface area contributed by atoms with Crippen LogP contribution >= 0.6 is 0 Å². The Morgan fingerprint density at radius 1 is 0.964 bits per heavy atom. The van der Waals surface area contributed by atoms with Gasteiger partial charge in [0.1, 0.15) is 8.07 Å². The first-order valence-electron chi connectivity index (χ1n) is 10.5. The Balaban J connectivity index is 2.93. The second-order valence-corrected chi connectivity index (χ2v) is 20.4. The van der Waals surface area contributed by atoms with Crippen LogP contribution < -0.4 is 0 Å². The van der Waals surface area contributed by atoms with Crippen LogP contribution in [0.4, 0.5) is 0 Å². The van der Waals surface area contributed by atoms with Gasteiger partial charge in [0.15, 0.2) is 8.24 Å². The molecular weight excluding hydrogens is 372 g/mol. The van der Waals surface area contributed by atoms with E-state index in [1.165, 1.54) is 10.9 Å². The first kappa shape index (κ1) is 22.5. The van der Waals surface area contributed by atoms with Gasteiger partial charge in [0.25, 0.3) is 0 Å². The van der Waals surface area contributed by atoms with E-state index in [0.29, 0.717) is 23.0 Å². The van der Waals surface area contributed by atoms with Crippen molar-refractivity contribution in [2.75, 3.05) is 0 Å². The van der Waals surface area contributed by atoms with Crippen LogP contribution in [0.5, 0.6) is 0 Å². The Labute approximate surface area is 174 Å². The smallest absolute Gasteiger partial charge is 0.169 e. The molecule has 2 aromatic rings. The van der Waals surface area contributed by atoms with Gasteiger partial charge in [-0.2, -0.15) is 5.26 Å². The molecule has 0 radical (unpaired) electrons. The highest BCUT2D eigenvalue weighted by Gasteiger charge is 2.46. The SMILES string of the molecule is CC(C)[Si](C(C)C)(C(C)C)n1cc(CC#N)c2c(C#C[Si](C)(C)C)cccc21. The molecule has 0 atom stereocenters. The van der Waals surface area contributed by atoms with E-state index in [4.69, 9.17) is 0 Å². The first-order valence-corrected chi connectivity index (χ1v) is 16.2. The fourth-order valence-corrected chi connectivity index (χ4v) is 12.3. The van der Waals surface area contributed by atoms with E-state index in [9.17, 15) is 5.26 Å². The first-order chi connectivity index (χ1) is 13.0. The largest absolute Gasteiger partial charge is 0.373 e. The molecule has 0 aliphatic rings. The summed E-state index contributed by atoms with van der Waals surface area (Å²) in [4.78, 5) is 0. The molecule has 0 saturated heterocycles. The van der Waals surface area contributed by atoms with Gasteiger partial charge in [0, 0.05) is 22.7 Å². The van der Waals surface area contributed by atoms with Gasteiger partial charge in [-0.05, 0) is 34.3 Å². The van der Waals surface area contributed by atoms with Gasteiger partial charge in [-0.25, -0.2) is 0 Å². The number of hydrogen-bond donors (Lipinski definition) is 0. The van der Waals surface area contributed by atoms with E-state index >= 15 is 0 Å². The summed E-state index contributed by atoms with van der Waals surface area (Å²) in [5.41, 5.74) is 8.84. The van der Waals surface area contributed by atoms with Crippen molar-refractivity contribution < 1.29 is 0 Å². The number of nitrogens with zero attached hydrogens (tertiary/aromatic N) is 2. The van der Waals surface area contributed by atoms with Gasteiger partial charge in [-0.3, -0.25) is 0 Å². The molecule has 2 rings (SSSR count). The van der Waals surface area contributed by atoms with Gasteiger partial charge < -0.3 is 4.23 Å². The van der Waals surface area contributed by atoms with Crippen molar-refractivity contribution in [1.82, 2.24) is 4.23 Å². The maximum absolute atomic E-state index is 9.49. The Bertz CT molecular complexity index is 919. The zero-order valence-corrected chi connectivity index (χ0v) is 21.1. The summed E-state index contributed by atoms with van der Waals surface area (Å²) in [7, 11) is -3.36. The third-order valence-electron chi connectivity index (χ3n) is 5.94. The fraction of sp³-hybridized carbons (Fsp3) is 0.542. The van der Waals surface area contributed by atoms with Gasteiger partial charge in [-0.1, -0.05) is 73.2 Å². The highest BCUT2D eigenvalue weighted by molar-refractivity contribution is 6.84. The second-order valence-electron chi connectivity index (χ2n) is 9.91. The standard InChI is InChI=1S/C24H36N2Si2/c1-18(2)28(19(3)4,20(5)6)26-17-22(13-15-25)24-21(11-10-12-23(24)26)14-16-27(7,8)9/h10-12,17-20H,13H2,1-9H3. The topological polar surface area (TPSA) is 28.7 Å². The molecule has 0 spiro atoms. The molecule has 0 bridgehead atoms. The summed E-state index contributed by atoms with van der Waals surface area (Å²) < 4.78 is 2.62. The normalized spacial score (nSPS) is 12.5. The summed E-state index contributed by atoms with van der Waals surface area (Å²) >= 11 is 0. The molecule has 2 nitrogen and oxygen atoms in total. The highest BCUT2D eigenvalue weighted by Crippen LogP contribution is 2.45. The molecule has 1 aromatic heterocycles. The minimum Gasteiger partial charge on any atom is -0.373 e. The third kappa shape index (κ3) is 4.00. The van der Waals surface area contributed by atoms with Gasteiger partial charge >= 0.3 is 0 Å². The van der Waals surface area contributed by atoms with Crippen molar-refractivity contribution in [2.45, 2.75) is 84.2 Å². The number of aromatic nitrogens is 1. The van der Waals surface area contributed by atoms with Crippen LogP contribution in [0.15, 0.2) is 24.4 Å². The Kier molecular flexibility index (Phi) is 6.69. The summed E-state index contributed by atoms with van der Waals surface area (Å²) in [5.74, 6) is 3.48. The minimum absolute atomic E-state index is 0.438. The molecule has 0 aliphatic heterocycles. The molecule has 0 amide bonds.